The molecule has 1 aromatic carbocycles. The fraction of sp³-hybridized carbons (Fsp3) is 0.250. The van der Waals surface area contributed by atoms with Crippen molar-refractivity contribution < 1.29 is 4.39 Å². The number of rotatable bonds is 3. The van der Waals surface area contributed by atoms with E-state index in [-0.39, 0.29) is 5.82 Å². The molecule has 0 fully saturated rings. The lowest BCUT2D eigenvalue weighted by atomic mass is 10.2. The second-order valence-corrected chi connectivity index (χ2v) is 4.71. The van der Waals surface area contributed by atoms with Crippen molar-refractivity contribution in [3.05, 3.63) is 51.5 Å². The Morgan fingerprint density at radius 1 is 1.41 bits per heavy atom. The molecule has 0 aliphatic carbocycles. The smallest absolute Gasteiger partial charge is 0.123 e. The molecule has 17 heavy (non-hydrogen) atoms. The minimum absolute atomic E-state index is 0.243. The van der Waals surface area contributed by atoms with Crippen molar-refractivity contribution in [2.75, 3.05) is 0 Å². The fourth-order valence-electron chi connectivity index (χ4n) is 1.67. The average molecular weight is 298 g/mol. The van der Waals surface area contributed by atoms with E-state index in [4.69, 9.17) is 5.73 Å². The van der Waals surface area contributed by atoms with Crippen LogP contribution >= 0.6 is 15.9 Å². The van der Waals surface area contributed by atoms with E-state index in [1.807, 2.05) is 11.6 Å². The van der Waals surface area contributed by atoms with Crippen molar-refractivity contribution in [3.8, 4) is 0 Å². The summed E-state index contributed by atoms with van der Waals surface area (Å²) in [5.74, 6) is -0.243. The van der Waals surface area contributed by atoms with Crippen molar-refractivity contribution in [1.29, 1.82) is 0 Å². The van der Waals surface area contributed by atoms with E-state index in [9.17, 15) is 4.39 Å². The standard InChI is InChI=1S/C12H13BrFN3/c1-8-10(5-15)6-16-17(8)7-9-4-11(14)2-3-12(9)13/h2-4,6H,5,7,15H2,1H3. The highest BCUT2D eigenvalue weighted by atomic mass is 79.9. The largest absolute Gasteiger partial charge is 0.326 e. The predicted octanol–water partition coefficient (Wildman–Crippen LogP) is 2.60. The van der Waals surface area contributed by atoms with E-state index in [2.05, 4.69) is 21.0 Å². The highest BCUT2D eigenvalue weighted by Crippen LogP contribution is 2.19. The lowest BCUT2D eigenvalue weighted by molar-refractivity contribution is 0.615. The van der Waals surface area contributed by atoms with Gasteiger partial charge in [-0.1, -0.05) is 15.9 Å². The van der Waals surface area contributed by atoms with Crippen LogP contribution in [0, 0.1) is 12.7 Å². The van der Waals surface area contributed by atoms with Crippen molar-refractivity contribution in [1.82, 2.24) is 9.78 Å². The average Bonchev–Trinajstić information content (AvgIpc) is 2.65. The summed E-state index contributed by atoms with van der Waals surface area (Å²) >= 11 is 3.40. The van der Waals surface area contributed by atoms with Crippen LogP contribution in [-0.2, 0) is 13.1 Å². The van der Waals surface area contributed by atoms with Gasteiger partial charge in [-0.05, 0) is 30.7 Å². The van der Waals surface area contributed by atoms with Gasteiger partial charge in [-0.25, -0.2) is 4.39 Å². The third-order valence-electron chi connectivity index (χ3n) is 2.75. The van der Waals surface area contributed by atoms with Gasteiger partial charge in [0.05, 0.1) is 12.7 Å². The van der Waals surface area contributed by atoms with Crippen LogP contribution in [0.5, 0.6) is 0 Å². The monoisotopic (exact) mass is 297 g/mol. The zero-order chi connectivity index (χ0) is 12.4. The molecule has 0 unspecified atom stereocenters. The van der Waals surface area contributed by atoms with Gasteiger partial charge in [-0.3, -0.25) is 4.68 Å². The highest BCUT2D eigenvalue weighted by molar-refractivity contribution is 9.10. The van der Waals surface area contributed by atoms with Crippen molar-refractivity contribution in [2.24, 2.45) is 5.73 Å². The minimum atomic E-state index is -0.243. The predicted molar refractivity (Wildman–Crippen MR) is 68.1 cm³/mol. The maximum absolute atomic E-state index is 13.2. The molecule has 0 atom stereocenters. The van der Waals surface area contributed by atoms with Gasteiger partial charge in [-0.15, -0.1) is 0 Å². The Bertz CT molecular complexity index is 537. The fourth-order valence-corrected chi connectivity index (χ4v) is 2.04. The first-order chi connectivity index (χ1) is 8.11. The number of aromatic nitrogens is 2. The summed E-state index contributed by atoms with van der Waals surface area (Å²) < 4.78 is 15.9. The van der Waals surface area contributed by atoms with Crippen LogP contribution in [0.2, 0.25) is 0 Å². The minimum Gasteiger partial charge on any atom is -0.326 e. The second-order valence-electron chi connectivity index (χ2n) is 3.85. The summed E-state index contributed by atoms with van der Waals surface area (Å²) in [4.78, 5) is 0. The highest BCUT2D eigenvalue weighted by Gasteiger charge is 2.08. The molecule has 1 aromatic heterocycles. The van der Waals surface area contributed by atoms with Gasteiger partial charge < -0.3 is 5.73 Å². The Morgan fingerprint density at radius 2 is 2.18 bits per heavy atom. The third-order valence-corrected chi connectivity index (χ3v) is 3.53. The maximum Gasteiger partial charge on any atom is 0.123 e. The maximum atomic E-state index is 13.2. The molecule has 0 radical (unpaired) electrons. The van der Waals surface area contributed by atoms with Gasteiger partial charge >= 0.3 is 0 Å². The summed E-state index contributed by atoms with van der Waals surface area (Å²) in [5, 5.41) is 4.25. The van der Waals surface area contributed by atoms with Gasteiger partial charge in [0.15, 0.2) is 0 Å². The molecule has 3 nitrogen and oxygen atoms in total. The van der Waals surface area contributed by atoms with Gasteiger partial charge in [-0.2, -0.15) is 5.10 Å². The van der Waals surface area contributed by atoms with Crippen LogP contribution in [0.25, 0.3) is 0 Å². The van der Waals surface area contributed by atoms with Crippen molar-refractivity contribution in [2.45, 2.75) is 20.0 Å². The zero-order valence-corrected chi connectivity index (χ0v) is 11.0. The summed E-state index contributed by atoms with van der Waals surface area (Å²) in [6, 6.07) is 4.63. The quantitative estimate of drug-likeness (QED) is 0.946. The topological polar surface area (TPSA) is 43.8 Å². The number of nitrogens with zero attached hydrogens (tertiary/aromatic N) is 2. The van der Waals surface area contributed by atoms with Gasteiger partial charge in [0, 0.05) is 22.3 Å². The molecule has 0 aliphatic rings. The summed E-state index contributed by atoms with van der Waals surface area (Å²) in [6.45, 7) is 2.96. The molecule has 2 N–H and O–H groups in total. The molecular formula is C12H13BrFN3. The van der Waals surface area contributed by atoms with E-state index >= 15 is 0 Å². The van der Waals surface area contributed by atoms with E-state index in [1.165, 1.54) is 12.1 Å². The van der Waals surface area contributed by atoms with Gasteiger partial charge in [0.1, 0.15) is 5.82 Å². The number of hydrogen-bond acceptors (Lipinski definition) is 2. The molecule has 0 saturated heterocycles. The Labute approximate surface area is 108 Å². The van der Waals surface area contributed by atoms with Gasteiger partial charge in [0.25, 0.3) is 0 Å². The Balaban J connectivity index is 2.31. The number of benzene rings is 1. The summed E-state index contributed by atoms with van der Waals surface area (Å²) in [6.07, 6.45) is 1.75. The molecule has 0 bridgehead atoms. The molecule has 0 spiro atoms. The van der Waals surface area contributed by atoms with Crippen LogP contribution in [0.1, 0.15) is 16.8 Å². The molecule has 1 heterocycles. The SMILES string of the molecule is Cc1c(CN)cnn1Cc1cc(F)ccc1Br. The van der Waals surface area contributed by atoms with Gasteiger partial charge in [0.2, 0.25) is 0 Å². The lowest BCUT2D eigenvalue weighted by Gasteiger charge is -2.07. The molecule has 90 valence electrons. The number of nitrogens with two attached hydrogens (primary N) is 1. The normalized spacial score (nSPS) is 10.8. The molecule has 0 amide bonds. The zero-order valence-electron chi connectivity index (χ0n) is 9.45. The molecule has 0 aliphatic heterocycles. The van der Waals surface area contributed by atoms with E-state index in [0.29, 0.717) is 13.1 Å². The van der Waals surface area contributed by atoms with Crippen LogP contribution in [0.3, 0.4) is 0 Å². The Morgan fingerprint density at radius 3 is 2.82 bits per heavy atom. The Kier molecular flexibility index (Phi) is 3.59. The van der Waals surface area contributed by atoms with Crippen molar-refractivity contribution >= 4 is 15.9 Å². The molecule has 5 heteroatoms. The first-order valence-corrected chi connectivity index (χ1v) is 6.06. The number of hydrogen-bond donors (Lipinski definition) is 1. The second kappa shape index (κ2) is 4.98. The molecule has 2 rings (SSSR count). The van der Waals surface area contributed by atoms with E-state index in [1.54, 1.807) is 12.3 Å². The van der Waals surface area contributed by atoms with Crippen LogP contribution in [-0.4, -0.2) is 9.78 Å². The molecule has 0 saturated carbocycles. The van der Waals surface area contributed by atoms with Crippen LogP contribution < -0.4 is 5.73 Å². The van der Waals surface area contributed by atoms with Crippen LogP contribution in [0.15, 0.2) is 28.9 Å². The summed E-state index contributed by atoms with van der Waals surface area (Å²) in [7, 11) is 0. The molecular weight excluding hydrogens is 285 g/mol. The van der Waals surface area contributed by atoms with E-state index < -0.39 is 0 Å². The lowest BCUT2D eigenvalue weighted by Crippen LogP contribution is -2.06. The summed E-state index contributed by atoms with van der Waals surface area (Å²) in [5.41, 5.74) is 8.48. The third kappa shape index (κ3) is 2.56. The first kappa shape index (κ1) is 12.3. The van der Waals surface area contributed by atoms with Crippen LogP contribution in [0.4, 0.5) is 4.39 Å². The van der Waals surface area contributed by atoms with Crippen molar-refractivity contribution in [3.63, 3.8) is 0 Å². The molecule has 2 aromatic rings. The number of halogens is 2. The van der Waals surface area contributed by atoms with E-state index in [0.717, 1.165) is 21.3 Å². The first-order valence-electron chi connectivity index (χ1n) is 5.27. The Hall–Kier alpha value is -1.20.